The van der Waals surface area contributed by atoms with Gasteiger partial charge < -0.3 is 10.1 Å². The molecule has 0 unspecified atom stereocenters. The van der Waals surface area contributed by atoms with Crippen molar-refractivity contribution in [3.8, 4) is 0 Å². The lowest BCUT2D eigenvalue weighted by atomic mass is 9.98. The van der Waals surface area contributed by atoms with E-state index in [0.29, 0.717) is 17.2 Å². The molecular formula is C19H20N6O2. The number of ether oxygens (including phenoxy) is 1. The Morgan fingerprint density at radius 1 is 1.26 bits per heavy atom. The van der Waals surface area contributed by atoms with Crippen molar-refractivity contribution in [1.82, 2.24) is 24.5 Å². The Hall–Kier alpha value is -3.42. The molecule has 0 aliphatic carbocycles. The second-order valence-electron chi connectivity index (χ2n) is 6.29. The highest BCUT2D eigenvalue weighted by atomic mass is 16.5. The summed E-state index contributed by atoms with van der Waals surface area (Å²) in [5.41, 5.74) is 2.99. The van der Waals surface area contributed by atoms with E-state index in [-0.39, 0.29) is 12.6 Å². The van der Waals surface area contributed by atoms with Gasteiger partial charge in [0.05, 0.1) is 11.8 Å². The lowest BCUT2D eigenvalue weighted by molar-refractivity contribution is -0.140. The first-order valence-corrected chi connectivity index (χ1v) is 8.78. The number of anilines is 1. The Morgan fingerprint density at radius 2 is 2.07 bits per heavy atom. The highest BCUT2D eigenvalue weighted by Gasteiger charge is 2.35. The van der Waals surface area contributed by atoms with Crippen molar-refractivity contribution in [2.75, 3.05) is 5.32 Å². The van der Waals surface area contributed by atoms with E-state index >= 15 is 0 Å². The largest absolute Gasteiger partial charge is 0.457 e. The first-order valence-electron chi connectivity index (χ1n) is 8.78. The molecule has 1 atom stereocenters. The second-order valence-corrected chi connectivity index (χ2v) is 6.29. The molecule has 4 rings (SSSR count). The molecule has 8 heteroatoms. The fraction of sp³-hybridized carbons (Fsp3) is 0.263. The zero-order valence-electron chi connectivity index (χ0n) is 15.2. The number of benzene rings is 1. The summed E-state index contributed by atoms with van der Waals surface area (Å²) in [4.78, 5) is 17.2. The lowest BCUT2D eigenvalue weighted by Gasteiger charge is -2.27. The predicted molar refractivity (Wildman–Crippen MR) is 98.6 cm³/mol. The van der Waals surface area contributed by atoms with Crippen LogP contribution in [0, 0.1) is 0 Å². The number of aromatic nitrogens is 5. The van der Waals surface area contributed by atoms with E-state index in [4.69, 9.17) is 4.74 Å². The molecule has 0 saturated carbocycles. The van der Waals surface area contributed by atoms with Crippen molar-refractivity contribution >= 4 is 11.9 Å². The molecule has 1 aromatic carbocycles. The Morgan fingerprint density at radius 3 is 2.81 bits per heavy atom. The Labute approximate surface area is 156 Å². The van der Waals surface area contributed by atoms with Crippen molar-refractivity contribution in [2.45, 2.75) is 33.0 Å². The van der Waals surface area contributed by atoms with Crippen LogP contribution in [0.25, 0.3) is 0 Å². The van der Waals surface area contributed by atoms with Crippen LogP contribution in [-0.4, -0.2) is 30.5 Å². The molecule has 27 heavy (non-hydrogen) atoms. The molecule has 0 amide bonds. The van der Waals surface area contributed by atoms with Gasteiger partial charge >= 0.3 is 5.97 Å². The van der Waals surface area contributed by atoms with Gasteiger partial charge in [-0.1, -0.05) is 30.3 Å². The minimum Gasteiger partial charge on any atom is -0.457 e. The van der Waals surface area contributed by atoms with Crippen LogP contribution in [0.3, 0.4) is 0 Å². The summed E-state index contributed by atoms with van der Waals surface area (Å²) in [6, 6.07) is 9.17. The summed E-state index contributed by atoms with van der Waals surface area (Å²) < 4.78 is 9.09. The molecule has 1 aliphatic heterocycles. The average molecular weight is 364 g/mol. The predicted octanol–water partition coefficient (Wildman–Crippen LogP) is 2.53. The quantitative estimate of drug-likeness (QED) is 0.700. The van der Waals surface area contributed by atoms with Crippen LogP contribution in [0.1, 0.15) is 31.0 Å². The van der Waals surface area contributed by atoms with Gasteiger partial charge in [0.25, 0.3) is 0 Å². The van der Waals surface area contributed by atoms with Crippen molar-refractivity contribution in [3.63, 3.8) is 0 Å². The van der Waals surface area contributed by atoms with Gasteiger partial charge in [-0.3, -0.25) is 4.68 Å². The number of carbonyl (C=O) groups is 1. The number of hydrogen-bond donors (Lipinski definition) is 1. The van der Waals surface area contributed by atoms with E-state index in [9.17, 15) is 4.79 Å². The molecule has 0 radical (unpaired) electrons. The average Bonchev–Trinajstić information content (AvgIpc) is 3.35. The molecule has 2 aromatic heterocycles. The summed E-state index contributed by atoms with van der Waals surface area (Å²) >= 11 is 0. The highest BCUT2D eigenvalue weighted by Crippen LogP contribution is 2.35. The molecule has 1 aliphatic rings. The molecule has 138 valence electrons. The molecule has 0 bridgehead atoms. The van der Waals surface area contributed by atoms with Crippen molar-refractivity contribution in [2.24, 2.45) is 0 Å². The third-order valence-electron chi connectivity index (χ3n) is 4.52. The third-order valence-corrected chi connectivity index (χ3v) is 4.52. The van der Waals surface area contributed by atoms with Crippen molar-refractivity contribution in [3.05, 3.63) is 71.4 Å². The molecule has 1 N–H and O–H groups in total. The molecule has 0 fully saturated rings. The molecular weight excluding hydrogens is 344 g/mol. The van der Waals surface area contributed by atoms with Crippen LogP contribution in [0.5, 0.6) is 0 Å². The Kier molecular flexibility index (Phi) is 4.45. The minimum atomic E-state index is -0.438. The van der Waals surface area contributed by atoms with E-state index in [2.05, 4.69) is 20.5 Å². The molecule has 0 spiro atoms. The summed E-state index contributed by atoms with van der Waals surface area (Å²) in [6.07, 6.45) is 5.13. The van der Waals surface area contributed by atoms with Crippen molar-refractivity contribution in [1.29, 1.82) is 0 Å². The van der Waals surface area contributed by atoms with Crippen LogP contribution in [0.2, 0.25) is 0 Å². The zero-order valence-corrected chi connectivity index (χ0v) is 15.2. The number of aryl methyl sites for hydroxylation is 1. The Bertz CT molecular complexity index is 989. The number of fused-ring (bicyclic) bond motifs is 1. The van der Waals surface area contributed by atoms with Crippen LogP contribution >= 0.6 is 0 Å². The van der Waals surface area contributed by atoms with E-state index in [1.54, 1.807) is 10.9 Å². The summed E-state index contributed by atoms with van der Waals surface area (Å²) in [5.74, 6) is 0.195. The SMILES string of the molecule is CCn1cc([C@@H]2C(C(=O)OCc3ccccc3)=C(C)Nc3ncnn32)cn1. The fourth-order valence-electron chi connectivity index (χ4n) is 3.16. The van der Waals surface area contributed by atoms with Crippen molar-refractivity contribution < 1.29 is 9.53 Å². The smallest absolute Gasteiger partial charge is 0.338 e. The molecule has 3 heterocycles. The van der Waals surface area contributed by atoms with Crippen LogP contribution in [-0.2, 0) is 22.7 Å². The normalized spacial score (nSPS) is 16.0. The van der Waals surface area contributed by atoms with Gasteiger partial charge in [0, 0.05) is 24.0 Å². The first-order chi connectivity index (χ1) is 13.2. The van der Waals surface area contributed by atoms with Gasteiger partial charge in [-0.25, -0.2) is 9.48 Å². The number of nitrogens with zero attached hydrogens (tertiary/aromatic N) is 5. The van der Waals surface area contributed by atoms with Gasteiger partial charge in [-0.15, -0.1) is 0 Å². The van der Waals surface area contributed by atoms with Gasteiger partial charge in [0.1, 0.15) is 19.0 Å². The number of esters is 1. The van der Waals surface area contributed by atoms with Crippen LogP contribution in [0.4, 0.5) is 5.95 Å². The molecule has 0 saturated heterocycles. The minimum absolute atomic E-state index is 0.210. The Balaban J connectivity index is 1.66. The number of carbonyl (C=O) groups excluding carboxylic acids is 1. The lowest BCUT2D eigenvalue weighted by Crippen LogP contribution is -2.29. The first kappa shape index (κ1) is 17.0. The third kappa shape index (κ3) is 3.21. The van der Waals surface area contributed by atoms with Gasteiger partial charge in [-0.05, 0) is 19.4 Å². The second kappa shape index (κ2) is 7.06. The standard InChI is InChI=1S/C19H20N6O2/c1-3-24-10-15(9-21-24)17-16(13(2)23-19-20-12-22-25(17)19)18(26)27-11-14-7-5-4-6-8-14/h4-10,12,17H,3,11H2,1-2H3,(H,20,22,23)/t17-/m1/s1. The zero-order chi connectivity index (χ0) is 18.8. The maximum atomic E-state index is 13.0. The van der Waals surface area contributed by atoms with Crippen LogP contribution < -0.4 is 5.32 Å². The monoisotopic (exact) mass is 364 g/mol. The number of nitrogens with one attached hydrogen (secondary N) is 1. The summed E-state index contributed by atoms with van der Waals surface area (Å²) in [5, 5.41) is 11.8. The number of hydrogen-bond acceptors (Lipinski definition) is 6. The van der Waals surface area contributed by atoms with E-state index < -0.39 is 6.04 Å². The summed E-state index contributed by atoms with van der Waals surface area (Å²) in [7, 11) is 0. The number of rotatable bonds is 5. The summed E-state index contributed by atoms with van der Waals surface area (Å²) in [6.45, 7) is 4.80. The van der Waals surface area contributed by atoms with Gasteiger partial charge in [-0.2, -0.15) is 15.2 Å². The highest BCUT2D eigenvalue weighted by molar-refractivity contribution is 5.92. The maximum absolute atomic E-state index is 13.0. The van der Waals surface area contributed by atoms with Gasteiger partial charge in [0.2, 0.25) is 5.95 Å². The van der Waals surface area contributed by atoms with E-state index in [1.165, 1.54) is 6.33 Å². The molecule has 3 aromatic rings. The maximum Gasteiger partial charge on any atom is 0.338 e. The molecule has 8 nitrogen and oxygen atoms in total. The fourth-order valence-corrected chi connectivity index (χ4v) is 3.16. The number of allylic oxidation sites excluding steroid dienone is 1. The van der Waals surface area contributed by atoms with Crippen LogP contribution in [0.15, 0.2) is 60.3 Å². The topological polar surface area (TPSA) is 86.9 Å². The van der Waals surface area contributed by atoms with E-state index in [1.807, 2.05) is 55.1 Å². The van der Waals surface area contributed by atoms with E-state index in [0.717, 1.165) is 17.7 Å². The van der Waals surface area contributed by atoms with Gasteiger partial charge in [0.15, 0.2) is 0 Å².